The van der Waals surface area contributed by atoms with Gasteiger partial charge in [0.2, 0.25) is 5.91 Å². The second kappa shape index (κ2) is 9.78. The molecule has 0 bridgehead atoms. The fraction of sp³-hybridized carbons (Fsp3) is 0.304. The van der Waals surface area contributed by atoms with E-state index in [4.69, 9.17) is 9.47 Å². The number of hydrogen-bond acceptors (Lipinski definition) is 7. The Balaban J connectivity index is 1.33. The highest BCUT2D eigenvalue weighted by atomic mass is 32.1. The SMILES string of the molecule is COc1ccc(C(=O)N2CCN(C(=O)Cc3csc(-c4cccnc4)n3)CC2)cc1OC. The summed E-state index contributed by atoms with van der Waals surface area (Å²) in [7, 11) is 3.10. The number of benzene rings is 1. The molecule has 1 saturated heterocycles. The van der Waals surface area contributed by atoms with Gasteiger partial charge in [-0.2, -0.15) is 0 Å². The molecule has 0 N–H and O–H groups in total. The third-order valence-electron chi connectivity index (χ3n) is 5.34. The Morgan fingerprint density at radius 3 is 2.47 bits per heavy atom. The molecule has 3 aromatic rings. The van der Waals surface area contributed by atoms with Gasteiger partial charge < -0.3 is 19.3 Å². The van der Waals surface area contributed by atoms with Crippen LogP contribution in [0, 0.1) is 0 Å². The summed E-state index contributed by atoms with van der Waals surface area (Å²) >= 11 is 1.50. The number of aromatic nitrogens is 2. The third kappa shape index (κ3) is 4.72. The first-order valence-electron chi connectivity index (χ1n) is 10.2. The lowest BCUT2D eigenvalue weighted by Crippen LogP contribution is -2.51. The van der Waals surface area contributed by atoms with Gasteiger partial charge in [0, 0.05) is 55.1 Å². The normalized spacial score (nSPS) is 13.7. The molecule has 0 aliphatic carbocycles. The number of nitrogens with zero attached hydrogens (tertiary/aromatic N) is 4. The predicted octanol–water partition coefficient (Wildman–Crippen LogP) is 2.75. The zero-order chi connectivity index (χ0) is 22.5. The second-order valence-electron chi connectivity index (χ2n) is 7.31. The number of thiazole rings is 1. The highest BCUT2D eigenvalue weighted by Gasteiger charge is 2.26. The molecule has 0 atom stereocenters. The van der Waals surface area contributed by atoms with Crippen LogP contribution in [-0.4, -0.2) is 72.0 Å². The van der Waals surface area contributed by atoms with Crippen molar-refractivity contribution in [1.82, 2.24) is 19.8 Å². The van der Waals surface area contributed by atoms with E-state index in [-0.39, 0.29) is 18.2 Å². The van der Waals surface area contributed by atoms with Gasteiger partial charge in [-0.15, -0.1) is 11.3 Å². The molecule has 2 amide bonds. The second-order valence-corrected chi connectivity index (χ2v) is 8.16. The number of methoxy groups -OCH3 is 2. The minimum absolute atomic E-state index is 0.0197. The van der Waals surface area contributed by atoms with Crippen LogP contribution in [0.25, 0.3) is 10.6 Å². The Morgan fingerprint density at radius 1 is 1.03 bits per heavy atom. The summed E-state index contributed by atoms with van der Waals surface area (Å²) in [5, 5.41) is 2.77. The molecule has 8 nitrogen and oxygen atoms in total. The van der Waals surface area contributed by atoms with E-state index >= 15 is 0 Å². The van der Waals surface area contributed by atoms with Crippen molar-refractivity contribution >= 4 is 23.2 Å². The van der Waals surface area contributed by atoms with Crippen LogP contribution < -0.4 is 9.47 Å². The van der Waals surface area contributed by atoms with Gasteiger partial charge in [-0.05, 0) is 30.3 Å². The van der Waals surface area contributed by atoms with Gasteiger partial charge in [-0.1, -0.05) is 0 Å². The van der Waals surface area contributed by atoms with Crippen molar-refractivity contribution in [3.63, 3.8) is 0 Å². The molecule has 166 valence electrons. The summed E-state index contributed by atoms with van der Waals surface area (Å²) in [6.45, 7) is 1.96. The largest absolute Gasteiger partial charge is 0.493 e. The number of piperazine rings is 1. The van der Waals surface area contributed by atoms with Crippen LogP contribution in [0.5, 0.6) is 11.5 Å². The van der Waals surface area contributed by atoms with Crippen LogP contribution in [0.3, 0.4) is 0 Å². The van der Waals surface area contributed by atoms with Gasteiger partial charge in [-0.25, -0.2) is 4.98 Å². The predicted molar refractivity (Wildman–Crippen MR) is 121 cm³/mol. The fourth-order valence-electron chi connectivity index (χ4n) is 3.59. The van der Waals surface area contributed by atoms with E-state index in [0.717, 1.165) is 16.3 Å². The summed E-state index contributed by atoms with van der Waals surface area (Å²) in [6, 6.07) is 8.94. The average Bonchev–Trinajstić information content (AvgIpc) is 3.32. The van der Waals surface area contributed by atoms with Crippen LogP contribution in [0.1, 0.15) is 16.1 Å². The van der Waals surface area contributed by atoms with Gasteiger partial charge in [0.1, 0.15) is 5.01 Å². The molecule has 1 fully saturated rings. The molecular formula is C23H24N4O4S. The van der Waals surface area contributed by atoms with Gasteiger partial charge in [-0.3, -0.25) is 14.6 Å². The first-order chi connectivity index (χ1) is 15.6. The van der Waals surface area contributed by atoms with Crippen LogP contribution in [-0.2, 0) is 11.2 Å². The molecule has 4 rings (SSSR count). The number of rotatable bonds is 6. The molecule has 1 aliphatic heterocycles. The lowest BCUT2D eigenvalue weighted by atomic mass is 10.1. The summed E-state index contributed by atoms with van der Waals surface area (Å²) < 4.78 is 10.5. The maximum atomic E-state index is 12.9. The maximum Gasteiger partial charge on any atom is 0.254 e. The quantitative estimate of drug-likeness (QED) is 0.572. The van der Waals surface area contributed by atoms with E-state index < -0.39 is 0 Å². The van der Waals surface area contributed by atoms with Crippen LogP contribution >= 0.6 is 11.3 Å². The minimum Gasteiger partial charge on any atom is -0.493 e. The van der Waals surface area contributed by atoms with Crippen molar-refractivity contribution in [3.8, 4) is 22.1 Å². The molecule has 9 heteroatoms. The standard InChI is InChI=1S/C23H24N4O4S/c1-30-19-6-5-16(12-20(19)31-2)23(29)27-10-8-26(9-11-27)21(28)13-18-15-32-22(25-18)17-4-3-7-24-14-17/h3-7,12,14-15H,8-11,13H2,1-2H3. The highest BCUT2D eigenvalue weighted by molar-refractivity contribution is 7.13. The van der Waals surface area contributed by atoms with Crippen molar-refractivity contribution in [2.75, 3.05) is 40.4 Å². The van der Waals surface area contributed by atoms with Gasteiger partial charge in [0.25, 0.3) is 5.91 Å². The Morgan fingerprint density at radius 2 is 1.78 bits per heavy atom. The molecular weight excluding hydrogens is 428 g/mol. The third-order valence-corrected chi connectivity index (χ3v) is 6.28. The zero-order valence-corrected chi connectivity index (χ0v) is 18.8. The molecule has 0 unspecified atom stereocenters. The Bertz CT molecular complexity index is 1090. The number of pyridine rings is 1. The number of hydrogen-bond donors (Lipinski definition) is 0. The molecule has 2 aromatic heterocycles. The van der Waals surface area contributed by atoms with Gasteiger partial charge >= 0.3 is 0 Å². The van der Waals surface area contributed by atoms with E-state index in [9.17, 15) is 9.59 Å². The highest BCUT2D eigenvalue weighted by Crippen LogP contribution is 2.28. The van der Waals surface area contributed by atoms with Crippen molar-refractivity contribution in [1.29, 1.82) is 0 Å². The zero-order valence-electron chi connectivity index (χ0n) is 18.0. The number of amides is 2. The van der Waals surface area contributed by atoms with E-state index in [0.29, 0.717) is 43.2 Å². The van der Waals surface area contributed by atoms with Crippen molar-refractivity contribution in [2.24, 2.45) is 0 Å². The van der Waals surface area contributed by atoms with Crippen molar-refractivity contribution in [3.05, 3.63) is 59.4 Å². The fourth-order valence-corrected chi connectivity index (χ4v) is 4.40. The Labute approximate surface area is 190 Å². The molecule has 0 saturated carbocycles. The first-order valence-corrected chi connectivity index (χ1v) is 11.1. The van der Waals surface area contributed by atoms with Gasteiger partial charge in [0.05, 0.1) is 26.3 Å². The summed E-state index contributed by atoms with van der Waals surface area (Å²) in [6.07, 6.45) is 3.73. The topological polar surface area (TPSA) is 84.9 Å². The Kier molecular flexibility index (Phi) is 6.65. The van der Waals surface area contributed by atoms with E-state index in [2.05, 4.69) is 9.97 Å². The lowest BCUT2D eigenvalue weighted by molar-refractivity contribution is -0.132. The Hall–Kier alpha value is -3.46. The first kappa shape index (κ1) is 21.8. The number of carbonyl (C=O) groups excluding carboxylic acids is 2. The molecule has 1 aliphatic rings. The molecule has 1 aromatic carbocycles. The van der Waals surface area contributed by atoms with Crippen LogP contribution in [0.4, 0.5) is 0 Å². The average molecular weight is 453 g/mol. The van der Waals surface area contributed by atoms with E-state index in [1.165, 1.54) is 11.3 Å². The lowest BCUT2D eigenvalue weighted by Gasteiger charge is -2.34. The summed E-state index contributed by atoms with van der Waals surface area (Å²) in [4.78, 5) is 37.9. The van der Waals surface area contributed by atoms with Crippen LogP contribution in [0.2, 0.25) is 0 Å². The molecule has 32 heavy (non-hydrogen) atoms. The number of ether oxygens (including phenoxy) is 2. The summed E-state index contributed by atoms with van der Waals surface area (Å²) in [5.41, 5.74) is 2.23. The summed E-state index contributed by atoms with van der Waals surface area (Å²) in [5.74, 6) is 1.03. The van der Waals surface area contributed by atoms with Crippen molar-refractivity contribution in [2.45, 2.75) is 6.42 Å². The molecule has 0 spiro atoms. The monoisotopic (exact) mass is 452 g/mol. The molecule has 0 radical (unpaired) electrons. The van der Waals surface area contributed by atoms with E-state index in [1.54, 1.807) is 54.6 Å². The smallest absolute Gasteiger partial charge is 0.254 e. The van der Waals surface area contributed by atoms with Crippen LogP contribution in [0.15, 0.2) is 48.1 Å². The molecule has 3 heterocycles. The number of carbonyl (C=O) groups is 2. The maximum absolute atomic E-state index is 12.9. The van der Waals surface area contributed by atoms with Crippen molar-refractivity contribution < 1.29 is 19.1 Å². The van der Waals surface area contributed by atoms with E-state index in [1.807, 2.05) is 17.5 Å². The van der Waals surface area contributed by atoms with Gasteiger partial charge in [0.15, 0.2) is 11.5 Å². The minimum atomic E-state index is -0.0846.